The minimum atomic E-state index is 0.148. The maximum absolute atomic E-state index is 6.02. The summed E-state index contributed by atoms with van der Waals surface area (Å²) >= 11 is 0. The molecule has 0 unspecified atom stereocenters. The Morgan fingerprint density at radius 1 is 1.24 bits per heavy atom. The van der Waals surface area contributed by atoms with Gasteiger partial charge in [-0.2, -0.15) is 0 Å². The first-order valence-corrected chi connectivity index (χ1v) is 7.33. The molecule has 108 valence electrons. The molecule has 1 aromatic carbocycles. The summed E-state index contributed by atoms with van der Waals surface area (Å²) in [6.07, 6.45) is 4.92. The number of nitrogens with zero attached hydrogens (tertiary/aromatic N) is 1. The molecule has 4 heteroatoms. The zero-order chi connectivity index (χ0) is 14.2. The van der Waals surface area contributed by atoms with E-state index >= 15 is 0 Å². The summed E-state index contributed by atoms with van der Waals surface area (Å²) < 4.78 is 11.4. The summed E-state index contributed by atoms with van der Waals surface area (Å²) in [6, 6.07) is 10.6. The Labute approximate surface area is 124 Å². The van der Waals surface area contributed by atoms with Gasteiger partial charge in [-0.05, 0) is 42.3 Å². The van der Waals surface area contributed by atoms with Gasteiger partial charge in [0.25, 0.3) is 0 Å². The quantitative estimate of drug-likeness (QED) is 0.917. The molecule has 2 aliphatic heterocycles. The van der Waals surface area contributed by atoms with Crippen LogP contribution in [0.1, 0.15) is 29.7 Å². The van der Waals surface area contributed by atoms with Crippen molar-refractivity contribution in [3.8, 4) is 5.75 Å². The van der Waals surface area contributed by atoms with E-state index in [9.17, 15) is 0 Å². The van der Waals surface area contributed by atoms with Crippen molar-refractivity contribution < 1.29 is 9.47 Å². The predicted molar refractivity (Wildman–Crippen MR) is 80.4 cm³/mol. The van der Waals surface area contributed by atoms with Crippen LogP contribution in [0.2, 0.25) is 0 Å². The SMILES string of the molecule is COc1ccc2c(c1)[C@@H]1OCC[C@@H]1[C@@H](c1ccncc1)N2. The van der Waals surface area contributed by atoms with Crippen molar-refractivity contribution in [2.75, 3.05) is 19.0 Å². The van der Waals surface area contributed by atoms with Crippen LogP contribution in [0.5, 0.6) is 5.75 Å². The van der Waals surface area contributed by atoms with Crippen molar-refractivity contribution >= 4 is 5.69 Å². The smallest absolute Gasteiger partial charge is 0.119 e. The molecule has 0 radical (unpaired) electrons. The van der Waals surface area contributed by atoms with Gasteiger partial charge in [0, 0.05) is 36.2 Å². The Kier molecular flexibility index (Phi) is 3.04. The summed E-state index contributed by atoms with van der Waals surface area (Å²) in [4.78, 5) is 4.12. The standard InChI is InChI=1S/C17H18N2O2/c1-20-12-2-3-15-14(10-12)17-13(6-9-21-17)16(19-15)11-4-7-18-8-5-11/h2-5,7-8,10,13,16-17,19H,6,9H2,1H3/t13-,16-,17-/m1/s1. The van der Waals surface area contributed by atoms with Crippen LogP contribution in [0.3, 0.4) is 0 Å². The Bertz CT molecular complexity index is 644. The number of nitrogens with one attached hydrogen (secondary N) is 1. The number of aromatic nitrogens is 1. The normalized spacial score (nSPS) is 26.6. The van der Waals surface area contributed by atoms with E-state index in [-0.39, 0.29) is 12.1 Å². The number of rotatable bonds is 2. The highest BCUT2D eigenvalue weighted by Crippen LogP contribution is 2.50. The maximum atomic E-state index is 6.02. The second-order valence-electron chi connectivity index (χ2n) is 5.60. The monoisotopic (exact) mass is 282 g/mol. The third-order valence-electron chi connectivity index (χ3n) is 4.51. The number of fused-ring (bicyclic) bond motifs is 3. The Morgan fingerprint density at radius 3 is 2.90 bits per heavy atom. The second-order valence-corrected chi connectivity index (χ2v) is 5.60. The minimum absolute atomic E-state index is 0.148. The summed E-state index contributed by atoms with van der Waals surface area (Å²) in [5.41, 5.74) is 3.62. The molecule has 1 fully saturated rings. The molecule has 4 rings (SSSR count). The topological polar surface area (TPSA) is 43.4 Å². The first-order valence-electron chi connectivity index (χ1n) is 7.33. The lowest BCUT2D eigenvalue weighted by Crippen LogP contribution is -2.29. The Morgan fingerprint density at radius 2 is 2.10 bits per heavy atom. The summed E-state index contributed by atoms with van der Waals surface area (Å²) in [5.74, 6) is 1.33. The molecule has 0 amide bonds. The van der Waals surface area contributed by atoms with Crippen LogP contribution in [-0.4, -0.2) is 18.7 Å². The Balaban J connectivity index is 1.77. The largest absolute Gasteiger partial charge is 0.497 e. The number of methoxy groups -OCH3 is 1. The highest BCUT2D eigenvalue weighted by Gasteiger charge is 2.41. The molecule has 0 saturated carbocycles. The lowest BCUT2D eigenvalue weighted by molar-refractivity contribution is 0.0827. The third kappa shape index (κ3) is 2.07. The zero-order valence-electron chi connectivity index (χ0n) is 12.0. The van der Waals surface area contributed by atoms with E-state index in [0.717, 1.165) is 24.5 Å². The molecule has 1 N–H and O–H groups in total. The fourth-order valence-corrected chi connectivity index (χ4v) is 3.48. The number of ether oxygens (including phenoxy) is 2. The van der Waals surface area contributed by atoms with Crippen LogP contribution >= 0.6 is 0 Å². The predicted octanol–water partition coefficient (Wildman–Crippen LogP) is 3.33. The zero-order valence-corrected chi connectivity index (χ0v) is 12.0. The van der Waals surface area contributed by atoms with Gasteiger partial charge in [0.2, 0.25) is 0 Å². The van der Waals surface area contributed by atoms with E-state index < -0.39 is 0 Å². The van der Waals surface area contributed by atoms with Gasteiger partial charge in [0.1, 0.15) is 5.75 Å². The van der Waals surface area contributed by atoms with Gasteiger partial charge >= 0.3 is 0 Å². The van der Waals surface area contributed by atoms with Crippen LogP contribution in [0.15, 0.2) is 42.7 Å². The summed E-state index contributed by atoms with van der Waals surface area (Å²) in [6.45, 7) is 0.815. The molecule has 0 bridgehead atoms. The molecule has 3 atom stereocenters. The van der Waals surface area contributed by atoms with Crippen LogP contribution in [-0.2, 0) is 4.74 Å². The van der Waals surface area contributed by atoms with Crippen molar-refractivity contribution in [3.05, 3.63) is 53.9 Å². The van der Waals surface area contributed by atoms with Crippen molar-refractivity contribution in [3.63, 3.8) is 0 Å². The van der Waals surface area contributed by atoms with E-state index in [1.54, 1.807) is 7.11 Å². The molecule has 21 heavy (non-hydrogen) atoms. The fraction of sp³-hybridized carbons (Fsp3) is 0.353. The second kappa shape index (κ2) is 5.04. The van der Waals surface area contributed by atoms with E-state index in [1.807, 2.05) is 18.5 Å². The first-order chi connectivity index (χ1) is 10.4. The van der Waals surface area contributed by atoms with E-state index in [4.69, 9.17) is 9.47 Å². The van der Waals surface area contributed by atoms with Crippen LogP contribution < -0.4 is 10.1 Å². The van der Waals surface area contributed by atoms with Gasteiger partial charge in [0.15, 0.2) is 0 Å². The number of benzene rings is 1. The number of hydrogen-bond donors (Lipinski definition) is 1. The molecular weight excluding hydrogens is 264 g/mol. The van der Waals surface area contributed by atoms with Gasteiger partial charge in [-0.1, -0.05) is 0 Å². The average Bonchev–Trinajstić information content (AvgIpc) is 3.04. The molecule has 1 aromatic heterocycles. The number of hydrogen-bond acceptors (Lipinski definition) is 4. The molecule has 0 spiro atoms. The fourth-order valence-electron chi connectivity index (χ4n) is 3.48. The molecular formula is C17H18N2O2. The van der Waals surface area contributed by atoms with Gasteiger partial charge in [-0.25, -0.2) is 0 Å². The van der Waals surface area contributed by atoms with Gasteiger partial charge in [-0.15, -0.1) is 0 Å². The van der Waals surface area contributed by atoms with E-state index in [2.05, 4.69) is 34.6 Å². The molecule has 2 aromatic rings. The minimum Gasteiger partial charge on any atom is -0.497 e. The molecule has 4 nitrogen and oxygen atoms in total. The molecule has 2 aliphatic rings. The third-order valence-corrected chi connectivity index (χ3v) is 4.51. The van der Waals surface area contributed by atoms with Crippen molar-refractivity contribution in [2.45, 2.75) is 18.6 Å². The highest BCUT2D eigenvalue weighted by atomic mass is 16.5. The van der Waals surface area contributed by atoms with E-state index in [1.165, 1.54) is 11.1 Å². The van der Waals surface area contributed by atoms with Gasteiger partial charge in [-0.3, -0.25) is 4.98 Å². The number of anilines is 1. The van der Waals surface area contributed by atoms with Crippen molar-refractivity contribution in [2.24, 2.45) is 5.92 Å². The maximum Gasteiger partial charge on any atom is 0.119 e. The van der Waals surface area contributed by atoms with Crippen LogP contribution in [0.4, 0.5) is 5.69 Å². The first kappa shape index (κ1) is 12.7. The van der Waals surface area contributed by atoms with E-state index in [0.29, 0.717) is 5.92 Å². The van der Waals surface area contributed by atoms with Crippen LogP contribution in [0, 0.1) is 5.92 Å². The van der Waals surface area contributed by atoms with Crippen LogP contribution in [0.25, 0.3) is 0 Å². The van der Waals surface area contributed by atoms with Crippen molar-refractivity contribution in [1.82, 2.24) is 4.98 Å². The summed E-state index contributed by atoms with van der Waals surface area (Å²) in [7, 11) is 1.70. The highest BCUT2D eigenvalue weighted by molar-refractivity contribution is 5.59. The molecule has 1 saturated heterocycles. The number of pyridine rings is 1. The van der Waals surface area contributed by atoms with Gasteiger partial charge < -0.3 is 14.8 Å². The van der Waals surface area contributed by atoms with Gasteiger partial charge in [0.05, 0.1) is 19.3 Å². The average molecular weight is 282 g/mol. The lowest BCUT2D eigenvalue weighted by Gasteiger charge is -2.36. The van der Waals surface area contributed by atoms with Crippen molar-refractivity contribution in [1.29, 1.82) is 0 Å². The Hall–Kier alpha value is -2.07. The molecule has 3 heterocycles. The summed E-state index contributed by atoms with van der Waals surface area (Å²) in [5, 5.41) is 3.67. The lowest BCUT2D eigenvalue weighted by atomic mass is 9.81. The molecule has 0 aliphatic carbocycles.